The largest absolute Gasteiger partial charge is 0.444 e. The lowest BCUT2D eigenvalue weighted by molar-refractivity contribution is 0.0504. The Hall–Kier alpha value is -4.66. The zero-order chi connectivity index (χ0) is 28.3. The van der Waals surface area contributed by atoms with E-state index in [1.165, 1.54) is 4.57 Å². The van der Waals surface area contributed by atoms with Gasteiger partial charge in [0.1, 0.15) is 11.2 Å². The van der Waals surface area contributed by atoms with E-state index in [4.69, 9.17) is 9.47 Å². The number of para-hydroxylation sites is 2. The molecule has 0 atom stereocenters. The first-order valence-corrected chi connectivity index (χ1v) is 12.5. The molecule has 9 nitrogen and oxygen atoms in total. The van der Waals surface area contributed by atoms with Crippen LogP contribution in [0.1, 0.15) is 62.3 Å². The van der Waals surface area contributed by atoms with Gasteiger partial charge < -0.3 is 14.5 Å². The molecule has 2 amide bonds. The number of fused-ring (bicyclic) bond motifs is 7. The van der Waals surface area contributed by atoms with Crippen molar-refractivity contribution in [2.24, 2.45) is 0 Å². The topological polar surface area (TPSA) is 119 Å². The van der Waals surface area contributed by atoms with Crippen LogP contribution in [0.25, 0.3) is 43.6 Å². The fourth-order valence-electron chi connectivity index (χ4n) is 4.90. The first kappa shape index (κ1) is 26.0. The normalized spacial score (nSPS) is 12.3. The van der Waals surface area contributed by atoms with E-state index in [1.807, 2.05) is 12.1 Å². The summed E-state index contributed by atoms with van der Waals surface area (Å²) in [4.78, 5) is 56.0. The molecular weight excluding hydrogens is 498 g/mol. The smallest absolute Gasteiger partial charge is 0.419 e. The van der Waals surface area contributed by atoms with Crippen LogP contribution in [0.15, 0.2) is 48.5 Å². The van der Waals surface area contributed by atoms with Crippen LogP contribution in [0.4, 0.5) is 9.59 Å². The number of hydrogen-bond acceptors (Lipinski definition) is 6. The van der Waals surface area contributed by atoms with Gasteiger partial charge in [-0.2, -0.15) is 0 Å². The quantitative estimate of drug-likeness (QED) is 0.247. The molecule has 2 aromatic heterocycles. The van der Waals surface area contributed by atoms with Crippen LogP contribution in [0.2, 0.25) is 0 Å². The third kappa shape index (κ3) is 4.50. The summed E-state index contributed by atoms with van der Waals surface area (Å²) in [5, 5.41) is 4.28. The first-order chi connectivity index (χ1) is 18.3. The highest BCUT2D eigenvalue weighted by atomic mass is 16.6. The van der Waals surface area contributed by atoms with E-state index in [2.05, 4.69) is 10.3 Å². The van der Waals surface area contributed by atoms with Crippen molar-refractivity contribution in [2.75, 3.05) is 0 Å². The van der Waals surface area contributed by atoms with Gasteiger partial charge in [0, 0.05) is 32.6 Å². The molecule has 5 aromatic rings. The van der Waals surface area contributed by atoms with Crippen molar-refractivity contribution in [3.8, 4) is 0 Å². The van der Waals surface area contributed by atoms with Crippen molar-refractivity contribution in [2.45, 2.75) is 52.7 Å². The molecule has 3 aromatic carbocycles. The van der Waals surface area contributed by atoms with Crippen molar-refractivity contribution in [1.82, 2.24) is 14.9 Å². The van der Waals surface area contributed by atoms with E-state index in [0.29, 0.717) is 49.9 Å². The summed E-state index contributed by atoms with van der Waals surface area (Å²) in [7, 11) is 0. The van der Waals surface area contributed by atoms with Gasteiger partial charge in [-0.1, -0.05) is 36.4 Å². The third-order valence-electron chi connectivity index (χ3n) is 6.14. The number of nitrogens with zero attached hydrogens (tertiary/aromatic N) is 1. The molecule has 0 aliphatic carbocycles. The van der Waals surface area contributed by atoms with Crippen LogP contribution in [-0.4, -0.2) is 45.1 Å². The summed E-state index contributed by atoms with van der Waals surface area (Å²) < 4.78 is 12.5. The minimum absolute atomic E-state index is 0.00269. The molecule has 0 bridgehead atoms. The molecule has 0 unspecified atom stereocenters. The maximum Gasteiger partial charge on any atom is 0.419 e. The predicted molar refractivity (Wildman–Crippen MR) is 150 cm³/mol. The minimum Gasteiger partial charge on any atom is -0.444 e. The Morgan fingerprint density at radius 1 is 0.846 bits per heavy atom. The Bertz CT molecular complexity index is 1830. The van der Waals surface area contributed by atoms with Gasteiger partial charge in [-0.15, -0.1) is 0 Å². The average molecular weight is 528 g/mol. The summed E-state index contributed by atoms with van der Waals surface area (Å²) in [6.45, 7) is 10.4. The molecule has 39 heavy (non-hydrogen) atoms. The summed E-state index contributed by atoms with van der Waals surface area (Å²) >= 11 is 0. The fraction of sp³-hybridized carbons (Fsp3) is 0.267. The number of alkyl carbamates (subject to hydrolysis) is 1. The summed E-state index contributed by atoms with van der Waals surface area (Å²) in [6.07, 6.45) is -0.982. The number of aromatic nitrogens is 2. The molecule has 0 aliphatic heterocycles. The second-order valence-corrected chi connectivity index (χ2v) is 11.3. The molecule has 0 radical (unpaired) electrons. The van der Waals surface area contributed by atoms with Crippen LogP contribution in [0, 0.1) is 0 Å². The molecule has 9 heteroatoms. The van der Waals surface area contributed by atoms with Gasteiger partial charge >= 0.3 is 12.2 Å². The number of aldehydes is 1. The van der Waals surface area contributed by atoms with Crippen molar-refractivity contribution in [3.05, 3.63) is 59.7 Å². The number of hydrogen-bond donors (Lipinski definition) is 2. The van der Waals surface area contributed by atoms with Crippen LogP contribution in [0.5, 0.6) is 0 Å². The van der Waals surface area contributed by atoms with E-state index in [0.717, 1.165) is 0 Å². The molecule has 0 spiro atoms. The minimum atomic E-state index is -0.936. The standard InChI is InChI=1S/C30H29N3O6/c1-29(2,3)38-27(36)32-26(35)23-18(15-34)21-17-12-8-10-14-20(17)33(28(37)39-30(4,5)6)25(21)24-22(23)16-11-7-9-13-19(16)31-24/h7-15,31H,1-6H3,(H,32,35,36). The lowest BCUT2D eigenvalue weighted by Gasteiger charge is -2.20. The Morgan fingerprint density at radius 2 is 1.46 bits per heavy atom. The van der Waals surface area contributed by atoms with E-state index < -0.39 is 29.3 Å². The molecular formula is C30H29N3O6. The Labute approximate surface area is 224 Å². The molecule has 5 rings (SSSR count). The number of carbonyl (C=O) groups excluding carboxylic acids is 4. The second-order valence-electron chi connectivity index (χ2n) is 11.3. The highest BCUT2D eigenvalue weighted by Gasteiger charge is 2.31. The van der Waals surface area contributed by atoms with E-state index in [1.54, 1.807) is 77.9 Å². The number of nitrogens with one attached hydrogen (secondary N) is 2. The number of carbonyl (C=O) groups is 4. The molecule has 200 valence electrons. The van der Waals surface area contributed by atoms with Gasteiger partial charge in [0.05, 0.1) is 22.1 Å². The van der Waals surface area contributed by atoms with E-state index in [-0.39, 0.29) is 11.1 Å². The third-order valence-corrected chi connectivity index (χ3v) is 6.14. The van der Waals surface area contributed by atoms with Gasteiger partial charge in [0.15, 0.2) is 6.29 Å². The van der Waals surface area contributed by atoms with Gasteiger partial charge in [-0.3, -0.25) is 14.9 Å². The van der Waals surface area contributed by atoms with Crippen molar-refractivity contribution in [3.63, 3.8) is 0 Å². The molecule has 0 saturated carbocycles. The van der Waals surface area contributed by atoms with E-state index >= 15 is 0 Å². The molecule has 0 saturated heterocycles. The number of imide groups is 1. The number of rotatable bonds is 2. The van der Waals surface area contributed by atoms with Crippen molar-refractivity contribution in [1.29, 1.82) is 0 Å². The van der Waals surface area contributed by atoms with Gasteiger partial charge in [-0.25, -0.2) is 14.2 Å². The van der Waals surface area contributed by atoms with E-state index in [9.17, 15) is 19.2 Å². The second kappa shape index (κ2) is 8.97. The fourth-order valence-corrected chi connectivity index (χ4v) is 4.90. The predicted octanol–water partition coefficient (Wildman–Crippen LogP) is 6.69. The first-order valence-electron chi connectivity index (χ1n) is 12.5. The Morgan fingerprint density at radius 3 is 2.10 bits per heavy atom. The van der Waals surface area contributed by atoms with Crippen LogP contribution in [0.3, 0.4) is 0 Å². The van der Waals surface area contributed by atoms with Crippen molar-refractivity contribution < 1.29 is 28.7 Å². The number of H-pyrrole nitrogens is 1. The molecule has 2 heterocycles. The maximum atomic E-state index is 13.7. The van der Waals surface area contributed by atoms with Crippen LogP contribution < -0.4 is 5.32 Å². The molecule has 0 fully saturated rings. The SMILES string of the molecule is CC(C)(C)OC(=O)NC(=O)c1c(C=O)c2c3ccccc3n(C(=O)OC(C)(C)C)c2c2[nH]c3ccccc3c12. The number of amides is 2. The average Bonchev–Trinajstić information content (AvgIpc) is 3.37. The van der Waals surface area contributed by atoms with Crippen LogP contribution >= 0.6 is 0 Å². The number of ether oxygens (including phenoxy) is 2. The van der Waals surface area contributed by atoms with Crippen molar-refractivity contribution >= 4 is 68.0 Å². The zero-order valence-corrected chi connectivity index (χ0v) is 22.6. The summed E-state index contributed by atoms with van der Waals surface area (Å²) in [5.74, 6) is -0.794. The highest BCUT2D eigenvalue weighted by Crippen LogP contribution is 2.41. The highest BCUT2D eigenvalue weighted by molar-refractivity contribution is 6.34. The summed E-state index contributed by atoms with van der Waals surface area (Å²) in [5.41, 5.74) is 0.470. The van der Waals surface area contributed by atoms with Gasteiger partial charge in [-0.05, 0) is 53.7 Å². The number of benzene rings is 3. The lowest BCUT2D eigenvalue weighted by Crippen LogP contribution is -2.36. The summed E-state index contributed by atoms with van der Waals surface area (Å²) in [6, 6.07) is 14.4. The monoisotopic (exact) mass is 527 g/mol. The maximum absolute atomic E-state index is 13.7. The van der Waals surface area contributed by atoms with Gasteiger partial charge in [0.25, 0.3) is 5.91 Å². The van der Waals surface area contributed by atoms with Crippen LogP contribution in [-0.2, 0) is 9.47 Å². The molecule has 0 aliphatic rings. The van der Waals surface area contributed by atoms with Gasteiger partial charge in [0.2, 0.25) is 0 Å². The molecule has 2 N–H and O–H groups in total. The Balaban J connectivity index is 1.93. The number of aromatic amines is 1. The Kier molecular flexibility index (Phi) is 5.97. The zero-order valence-electron chi connectivity index (χ0n) is 22.6. The lowest BCUT2D eigenvalue weighted by atomic mass is 9.95.